The van der Waals surface area contributed by atoms with E-state index in [0.717, 1.165) is 63.7 Å². The molecule has 0 bridgehead atoms. The summed E-state index contributed by atoms with van der Waals surface area (Å²) in [4.78, 5) is 37.8. The molecule has 0 radical (unpaired) electrons. The molecular weight excluding hydrogens is 733 g/mol. The zero-order valence-electron chi connectivity index (χ0n) is 40.2. The van der Waals surface area contributed by atoms with Crippen molar-refractivity contribution in [3.8, 4) is 0 Å². The predicted octanol–water partition coefficient (Wildman–Crippen LogP) is 17.1. The van der Waals surface area contributed by atoms with Gasteiger partial charge in [-0.05, 0) is 25.2 Å². The van der Waals surface area contributed by atoms with Crippen LogP contribution in [-0.4, -0.2) is 37.2 Å². The van der Waals surface area contributed by atoms with Crippen LogP contribution in [0.5, 0.6) is 0 Å². The summed E-state index contributed by atoms with van der Waals surface area (Å²) in [6.45, 7) is 9.01. The fraction of sp³-hybridized carbons (Fsp3) is 0.943. The van der Waals surface area contributed by atoms with Crippen LogP contribution in [0.1, 0.15) is 297 Å². The molecule has 0 saturated heterocycles. The van der Waals surface area contributed by atoms with Crippen molar-refractivity contribution in [1.82, 2.24) is 0 Å². The minimum Gasteiger partial charge on any atom is -0.462 e. The van der Waals surface area contributed by atoms with Gasteiger partial charge in [-0.25, -0.2) is 0 Å². The molecule has 350 valence electrons. The van der Waals surface area contributed by atoms with Gasteiger partial charge in [-0.15, -0.1) is 0 Å². The van der Waals surface area contributed by atoms with E-state index >= 15 is 0 Å². The van der Waals surface area contributed by atoms with Gasteiger partial charge in [0.2, 0.25) is 0 Å². The average molecular weight is 835 g/mol. The standard InChI is InChI=1S/C53H102O6/c1-5-7-9-11-13-14-15-22-27-30-34-38-42-46-53(56)59-50(47-57-51(54)44-40-36-31-12-10-8-6-2)48-58-52(55)45-41-37-33-29-26-24-21-19-17-16-18-20-23-25-28-32-35-39-43-49(3)4/h49-50H,5-48H2,1-4H3/t50-/m0/s1. The number of hydrogen-bond donors (Lipinski definition) is 0. The zero-order chi connectivity index (χ0) is 43.1. The summed E-state index contributed by atoms with van der Waals surface area (Å²) in [6.07, 6.45) is 49.6. The van der Waals surface area contributed by atoms with E-state index < -0.39 is 6.10 Å². The number of esters is 3. The number of carbonyl (C=O) groups excluding carboxylic acids is 3. The highest BCUT2D eigenvalue weighted by Crippen LogP contribution is 2.17. The predicted molar refractivity (Wildman–Crippen MR) is 252 cm³/mol. The molecule has 0 aliphatic heterocycles. The highest BCUT2D eigenvalue weighted by Gasteiger charge is 2.19. The third kappa shape index (κ3) is 47.3. The van der Waals surface area contributed by atoms with E-state index in [1.165, 1.54) is 193 Å². The number of carbonyl (C=O) groups is 3. The van der Waals surface area contributed by atoms with Crippen molar-refractivity contribution in [2.45, 2.75) is 303 Å². The lowest BCUT2D eigenvalue weighted by atomic mass is 10.0. The van der Waals surface area contributed by atoms with Gasteiger partial charge in [-0.1, -0.05) is 259 Å². The van der Waals surface area contributed by atoms with Gasteiger partial charge < -0.3 is 14.2 Å². The number of unbranched alkanes of at least 4 members (excludes halogenated alkanes) is 35. The van der Waals surface area contributed by atoms with Gasteiger partial charge in [-0.3, -0.25) is 14.4 Å². The molecular formula is C53H102O6. The highest BCUT2D eigenvalue weighted by molar-refractivity contribution is 5.71. The van der Waals surface area contributed by atoms with E-state index in [-0.39, 0.29) is 31.1 Å². The maximum Gasteiger partial charge on any atom is 0.306 e. The quantitative estimate of drug-likeness (QED) is 0.0345. The van der Waals surface area contributed by atoms with Gasteiger partial charge in [0, 0.05) is 19.3 Å². The molecule has 0 spiro atoms. The van der Waals surface area contributed by atoms with Gasteiger partial charge in [0.25, 0.3) is 0 Å². The molecule has 0 aromatic carbocycles. The highest BCUT2D eigenvalue weighted by atomic mass is 16.6. The minimum absolute atomic E-state index is 0.0629. The fourth-order valence-electron chi connectivity index (χ4n) is 8.04. The monoisotopic (exact) mass is 835 g/mol. The Bertz CT molecular complexity index is 887. The number of rotatable bonds is 48. The molecule has 0 N–H and O–H groups in total. The normalized spacial score (nSPS) is 11.9. The first-order valence-electron chi connectivity index (χ1n) is 26.4. The van der Waals surface area contributed by atoms with Gasteiger partial charge in [0.15, 0.2) is 6.10 Å². The van der Waals surface area contributed by atoms with Gasteiger partial charge in [0.05, 0.1) is 0 Å². The fourth-order valence-corrected chi connectivity index (χ4v) is 8.04. The second-order valence-corrected chi connectivity index (χ2v) is 18.6. The van der Waals surface area contributed by atoms with E-state index in [2.05, 4.69) is 27.7 Å². The maximum atomic E-state index is 12.7. The van der Waals surface area contributed by atoms with Crippen molar-refractivity contribution in [2.75, 3.05) is 13.2 Å². The van der Waals surface area contributed by atoms with Crippen LogP contribution in [0.15, 0.2) is 0 Å². The van der Waals surface area contributed by atoms with E-state index in [9.17, 15) is 14.4 Å². The molecule has 0 aliphatic rings. The third-order valence-corrected chi connectivity index (χ3v) is 12.0. The average Bonchev–Trinajstić information content (AvgIpc) is 3.22. The molecule has 0 aliphatic carbocycles. The van der Waals surface area contributed by atoms with Crippen LogP contribution in [0, 0.1) is 5.92 Å². The Hall–Kier alpha value is -1.59. The lowest BCUT2D eigenvalue weighted by molar-refractivity contribution is -0.167. The second-order valence-electron chi connectivity index (χ2n) is 18.6. The Morgan fingerprint density at radius 3 is 0.831 bits per heavy atom. The topological polar surface area (TPSA) is 78.9 Å². The van der Waals surface area contributed by atoms with E-state index in [4.69, 9.17) is 14.2 Å². The SMILES string of the molecule is CCCCCCCCCCCCCCCC(=O)O[C@@H](COC(=O)CCCCCCCCC)COC(=O)CCCCCCCCCCCCCCCCCCCCC(C)C. The molecule has 6 nitrogen and oxygen atoms in total. The maximum absolute atomic E-state index is 12.7. The van der Waals surface area contributed by atoms with E-state index in [1.54, 1.807) is 0 Å². The summed E-state index contributed by atoms with van der Waals surface area (Å²) < 4.78 is 16.7. The van der Waals surface area contributed by atoms with E-state index in [1.807, 2.05) is 0 Å². The van der Waals surface area contributed by atoms with Crippen LogP contribution >= 0.6 is 0 Å². The summed E-state index contributed by atoms with van der Waals surface area (Å²) in [5.74, 6) is 0.00877. The molecule has 59 heavy (non-hydrogen) atoms. The van der Waals surface area contributed by atoms with Gasteiger partial charge in [0.1, 0.15) is 13.2 Å². The van der Waals surface area contributed by atoms with Crippen LogP contribution in [-0.2, 0) is 28.6 Å². The molecule has 6 heteroatoms. The Kier molecular flexibility index (Phi) is 46.2. The van der Waals surface area contributed by atoms with Crippen LogP contribution in [0.25, 0.3) is 0 Å². The molecule has 0 amide bonds. The van der Waals surface area contributed by atoms with Crippen LogP contribution in [0.3, 0.4) is 0 Å². The third-order valence-electron chi connectivity index (χ3n) is 12.0. The molecule has 0 aromatic rings. The van der Waals surface area contributed by atoms with Crippen molar-refractivity contribution in [3.05, 3.63) is 0 Å². The summed E-state index contributed by atoms with van der Waals surface area (Å²) >= 11 is 0. The van der Waals surface area contributed by atoms with Gasteiger partial charge >= 0.3 is 17.9 Å². The minimum atomic E-state index is -0.759. The first-order valence-corrected chi connectivity index (χ1v) is 26.4. The van der Waals surface area contributed by atoms with Crippen molar-refractivity contribution in [1.29, 1.82) is 0 Å². The van der Waals surface area contributed by atoms with E-state index in [0.29, 0.717) is 19.3 Å². The van der Waals surface area contributed by atoms with Crippen LogP contribution in [0.4, 0.5) is 0 Å². The smallest absolute Gasteiger partial charge is 0.306 e. The Morgan fingerprint density at radius 1 is 0.322 bits per heavy atom. The Morgan fingerprint density at radius 2 is 0.559 bits per heavy atom. The molecule has 0 heterocycles. The number of ether oxygens (including phenoxy) is 3. The zero-order valence-corrected chi connectivity index (χ0v) is 40.2. The lowest BCUT2D eigenvalue weighted by Crippen LogP contribution is -2.30. The van der Waals surface area contributed by atoms with Crippen molar-refractivity contribution in [3.63, 3.8) is 0 Å². The molecule has 0 aromatic heterocycles. The largest absolute Gasteiger partial charge is 0.462 e. The Labute approximate surface area is 368 Å². The van der Waals surface area contributed by atoms with Gasteiger partial charge in [-0.2, -0.15) is 0 Å². The van der Waals surface area contributed by atoms with Crippen molar-refractivity contribution in [2.24, 2.45) is 5.92 Å². The first kappa shape index (κ1) is 57.4. The molecule has 0 fully saturated rings. The second kappa shape index (κ2) is 47.5. The van der Waals surface area contributed by atoms with Crippen molar-refractivity contribution >= 4 is 17.9 Å². The summed E-state index contributed by atoms with van der Waals surface area (Å²) in [5.41, 5.74) is 0. The molecule has 0 unspecified atom stereocenters. The first-order chi connectivity index (χ1) is 28.9. The summed E-state index contributed by atoms with van der Waals surface area (Å²) in [7, 11) is 0. The molecule has 0 saturated carbocycles. The number of hydrogen-bond acceptors (Lipinski definition) is 6. The lowest BCUT2D eigenvalue weighted by Gasteiger charge is -2.18. The van der Waals surface area contributed by atoms with Crippen LogP contribution in [0.2, 0.25) is 0 Å². The Balaban J connectivity index is 4.12. The van der Waals surface area contributed by atoms with Crippen LogP contribution < -0.4 is 0 Å². The van der Waals surface area contributed by atoms with Crippen molar-refractivity contribution < 1.29 is 28.6 Å². The summed E-state index contributed by atoms with van der Waals surface area (Å²) in [6, 6.07) is 0. The molecule has 1 atom stereocenters. The summed E-state index contributed by atoms with van der Waals surface area (Å²) in [5, 5.41) is 0. The molecule has 0 rings (SSSR count).